The average Bonchev–Trinajstić information content (AvgIpc) is 4.13. The van der Waals surface area contributed by atoms with E-state index in [1.807, 2.05) is 27.7 Å². The van der Waals surface area contributed by atoms with Crippen molar-refractivity contribution in [2.45, 2.75) is 77.4 Å². The van der Waals surface area contributed by atoms with Crippen molar-refractivity contribution >= 4 is 96.8 Å². The molecule has 4 aromatic rings. The highest BCUT2D eigenvalue weighted by atomic mass is 33.1. The van der Waals surface area contributed by atoms with Crippen molar-refractivity contribution in [3.63, 3.8) is 0 Å². The van der Waals surface area contributed by atoms with Gasteiger partial charge in [-0.3, -0.25) is 33.7 Å². The number of rotatable bonds is 30. The first kappa shape index (κ1) is 55.2. The molecule has 0 spiro atoms. The molecular formula is C50H63N7O13S2. The second-order valence-electron chi connectivity index (χ2n) is 17.8. The van der Waals surface area contributed by atoms with Crippen LogP contribution in [0.1, 0.15) is 97.9 Å². The summed E-state index contributed by atoms with van der Waals surface area (Å²) in [4.78, 5) is 107. The van der Waals surface area contributed by atoms with E-state index in [1.54, 1.807) is 62.6 Å². The highest BCUT2D eigenvalue weighted by molar-refractivity contribution is 8.77. The van der Waals surface area contributed by atoms with Gasteiger partial charge in [0.1, 0.15) is 11.3 Å². The van der Waals surface area contributed by atoms with Crippen LogP contribution in [-0.2, 0) is 33.4 Å². The van der Waals surface area contributed by atoms with E-state index in [9.17, 15) is 38.5 Å². The fourth-order valence-electron chi connectivity index (χ4n) is 8.28. The van der Waals surface area contributed by atoms with Crippen molar-refractivity contribution in [1.29, 1.82) is 0 Å². The number of aromatic amines is 1. The molecule has 2 aromatic heterocycles. The van der Waals surface area contributed by atoms with Crippen LogP contribution in [0, 0.1) is 11.8 Å². The van der Waals surface area contributed by atoms with Gasteiger partial charge in [0, 0.05) is 109 Å². The Morgan fingerprint density at radius 2 is 1.62 bits per heavy atom. The molecule has 2 aliphatic heterocycles. The summed E-state index contributed by atoms with van der Waals surface area (Å²) >= 11 is 0. The number of aldehydes is 1. The first-order valence-corrected chi connectivity index (χ1v) is 26.4. The Balaban J connectivity index is 0.916. The maximum absolute atomic E-state index is 14.2. The number of amides is 6. The van der Waals surface area contributed by atoms with Crippen LogP contribution in [0.3, 0.4) is 0 Å². The number of nitrogens with one attached hydrogen (secondary N) is 3. The number of unbranched alkanes of at least 4 members (excludes halogenated alkanes) is 1. The van der Waals surface area contributed by atoms with Gasteiger partial charge in [0.25, 0.3) is 17.7 Å². The third-order valence-corrected chi connectivity index (χ3v) is 15.2. The zero-order valence-electron chi connectivity index (χ0n) is 41.3. The van der Waals surface area contributed by atoms with Gasteiger partial charge in [-0.15, -0.1) is 4.91 Å². The van der Waals surface area contributed by atoms with Crippen LogP contribution in [-0.4, -0.2) is 146 Å². The Labute approximate surface area is 425 Å². The van der Waals surface area contributed by atoms with E-state index >= 15 is 0 Å². The number of hydrogen-bond donors (Lipinski definition) is 3. The van der Waals surface area contributed by atoms with Gasteiger partial charge in [-0.05, 0) is 68.6 Å². The quantitative estimate of drug-likeness (QED) is 0.0152. The molecule has 72 heavy (non-hydrogen) atoms. The molecule has 0 fully saturated rings. The normalized spacial score (nSPS) is 14.4. The van der Waals surface area contributed by atoms with Gasteiger partial charge in [-0.2, -0.15) is 0 Å². The molecule has 0 saturated carbocycles. The number of imide groups is 1. The molecule has 2 aromatic carbocycles. The summed E-state index contributed by atoms with van der Waals surface area (Å²) in [5.74, 6) is -0.979. The number of nitrogens with zero attached hydrogens (tertiary/aromatic N) is 4. The Hall–Kier alpha value is -6.07. The predicted octanol–water partition coefficient (Wildman–Crippen LogP) is 7.34. The molecular weight excluding hydrogens is 971 g/mol. The van der Waals surface area contributed by atoms with Crippen LogP contribution in [0.15, 0.2) is 52.1 Å². The van der Waals surface area contributed by atoms with Gasteiger partial charge in [0.2, 0.25) is 11.8 Å². The summed E-state index contributed by atoms with van der Waals surface area (Å²) in [6.07, 6.45) is 5.10. The van der Waals surface area contributed by atoms with E-state index in [-0.39, 0.29) is 67.5 Å². The lowest BCUT2D eigenvalue weighted by molar-refractivity contribution is -0.137. The fraction of sp³-hybridized carbons (Fsp3) is 0.500. The topological polar surface area (TPSA) is 249 Å². The summed E-state index contributed by atoms with van der Waals surface area (Å²) in [6.45, 7) is 13.5. The average molecular weight is 1030 g/mol. The van der Waals surface area contributed by atoms with Crippen LogP contribution in [0.25, 0.3) is 21.9 Å². The number of ether oxygens (including phenoxy) is 4. The van der Waals surface area contributed by atoms with Crippen LogP contribution >= 0.6 is 21.6 Å². The summed E-state index contributed by atoms with van der Waals surface area (Å²) in [7, 11) is 3.12. The van der Waals surface area contributed by atoms with Crippen LogP contribution in [0.5, 0.6) is 5.75 Å². The molecule has 0 aliphatic carbocycles. The minimum atomic E-state index is -0.572. The Kier molecular flexibility index (Phi) is 20.4. The van der Waals surface area contributed by atoms with Crippen LogP contribution in [0.4, 0.5) is 16.2 Å². The smallest absolute Gasteiger partial charge is 0.415 e. The number of carbonyl (C=O) groups is 7. The van der Waals surface area contributed by atoms with Gasteiger partial charge in [0.05, 0.1) is 50.8 Å². The van der Waals surface area contributed by atoms with E-state index in [0.717, 1.165) is 29.6 Å². The largest absolute Gasteiger partial charge is 0.451 e. The van der Waals surface area contributed by atoms with Crippen LogP contribution < -0.4 is 20.3 Å². The molecule has 22 heteroatoms. The molecule has 3 N–H and O–H groups in total. The minimum Gasteiger partial charge on any atom is -0.451 e. The summed E-state index contributed by atoms with van der Waals surface area (Å²) in [5, 5.41) is 9.72. The third kappa shape index (κ3) is 14.5. The predicted molar refractivity (Wildman–Crippen MR) is 275 cm³/mol. The number of furan rings is 1. The van der Waals surface area contributed by atoms with Crippen molar-refractivity contribution in [3.8, 4) is 5.75 Å². The molecule has 0 bridgehead atoms. The second-order valence-corrected chi connectivity index (χ2v) is 20.9. The van der Waals surface area contributed by atoms with Crippen molar-refractivity contribution in [2.24, 2.45) is 5.18 Å². The lowest BCUT2D eigenvalue weighted by Gasteiger charge is -2.25. The second kappa shape index (κ2) is 26.6. The number of nitroso groups, excluding NO2 is 1. The Morgan fingerprint density at radius 3 is 2.28 bits per heavy atom. The Bertz CT molecular complexity index is 2630. The summed E-state index contributed by atoms with van der Waals surface area (Å²) in [5.41, 5.74) is 3.48. The number of aromatic nitrogens is 1. The molecule has 6 rings (SSSR count). The Morgan fingerprint density at radius 1 is 0.944 bits per heavy atom. The number of fused-ring (bicyclic) bond motifs is 4. The first-order valence-electron chi connectivity index (χ1n) is 24.1. The molecule has 0 unspecified atom stereocenters. The maximum Gasteiger partial charge on any atom is 0.415 e. The van der Waals surface area contributed by atoms with E-state index < -0.39 is 28.6 Å². The summed E-state index contributed by atoms with van der Waals surface area (Å²) in [6, 6.07) is 7.91. The highest BCUT2D eigenvalue weighted by Gasteiger charge is 2.38. The van der Waals surface area contributed by atoms with Gasteiger partial charge in [-0.25, -0.2) is 4.79 Å². The molecule has 0 saturated heterocycles. The van der Waals surface area contributed by atoms with Crippen molar-refractivity contribution in [3.05, 3.63) is 70.0 Å². The van der Waals surface area contributed by atoms with E-state index in [0.29, 0.717) is 110 Å². The fourth-order valence-corrected chi connectivity index (χ4v) is 10.8. The molecule has 1 atom stereocenters. The SMILES string of the molecule is CCCCN(CCSSC(C)(C)CC(=O)NCCOCCOCCOCCNC(=O)CCN1C(=O)C=CC1=O)C(=O)Oc1cc2c(c3c(C=O)c(C)[nH]c13)[C@H](CC)CN2C(=O)c1cc2cc(N=O)ccc2o1. The highest BCUT2D eigenvalue weighted by Crippen LogP contribution is 2.48. The maximum atomic E-state index is 14.2. The number of aryl methyl sites for hydroxylation is 1. The van der Waals surface area contributed by atoms with Crippen LogP contribution in [0.2, 0.25) is 0 Å². The zero-order chi connectivity index (χ0) is 51.8. The standard InChI is InChI=1S/C50H63N7O13S2/c1-6-8-16-55(18-25-71-72-50(4,5)29-42(60)52-15-20-67-22-24-68-23-21-66-19-14-51-41(59)13-17-56-43(61)11-12-44(56)62)49(64)70-39-28-37-45(46-36(31-58)32(3)53-47(39)46)33(7-2)30-57(37)48(63)40-27-34-26-35(54-65)9-10-38(34)69-40/h9-12,26-28,31,33,53H,6-8,13-25,29-30H2,1-5H3,(H,51,59)(H,52,60)/t33-/m1/s1. The number of hydrogen-bond acceptors (Lipinski definition) is 16. The number of H-pyrrole nitrogens is 1. The first-order chi connectivity index (χ1) is 34.7. The molecule has 388 valence electrons. The minimum absolute atomic E-state index is 0.0172. The molecule has 20 nitrogen and oxygen atoms in total. The molecule has 0 radical (unpaired) electrons. The number of benzene rings is 2. The summed E-state index contributed by atoms with van der Waals surface area (Å²) < 4.78 is 28.2. The van der Waals surface area contributed by atoms with E-state index in [4.69, 9.17) is 23.4 Å². The number of anilines is 1. The van der Waals surface area contributed by atoms with Crippen molar-refractivity contribution in [1.82, 2.24) is 25.4 Å². The van der Waals surface area contributed by atoms with Gasteiger partial charge in [0.15, 0.2) is 17.8 Å². The molecule has 6 amide bonds. The van der Waals surface area contributed by atoms with Gasteiger partial charge >= 0.3 is 6.09 Å². The molecule has 4 heterocycles. The third-order valence-electron chi connectivity index (χ3n) is 12.0. The van der Waals surface area contributed by atoms with Gasteiger partial charge in [-0.1, -0.05) is 41.9 Å². The van der Waals surface area contributed by atoms with E-state index in [2.05, 4.69) is 20.8 Å². The lowest BCUT2D eigenvalue weighted by atomic mass is 9.93. The van der Waals surface area contributed by atoms with Crippen molar-refractivity contribution in [2.75, 3.05) is 89.6 Å². The van der Waals surface area contributed by atoms with Gasteiger partial charge < -0.3 is 48.8 Å². The molecule has 2 aliphatic rings. The lowest BCUT2D eigenvalue weighted by Crippen LogP contribution is -2.36. The number of carbonyl (C=O) groups excluding carboxylic acids is 7. The van der Waals surface area contributed by atoms with Crippen molar-refractivity contribution < 1.29 is 56.9 Å². The van der Waals surface area contributed by atoms with E-state index in [1.165, 1.54) is 18.2 Å². The monoisotopic (exact) mass is 1030 g/mol. The zero-order valence-corrected chi connectivity index (χ0v) is 43.0.